The highest BCUT2D eigenvalue weighted by Crippen LogP contribution is 2.32. The van der Waals surface area contributed by atoms with E-state index in [-0.39, 0.29) is 17.5 Å². The van der Waals surface area contributed by atoms with E-state index >= 15 is 0 Å². The van der Waals surface area contributed by atoms with E-state index in [1.165, 1.54) is 20.5 Å². The molecule has 0 saturated carbocycles. The Kier molecular flexibility index (Phi) is 3.49. The molecule has 14 heavy (non-hydrogen) atoms. The second-order valence-corrected chi connectivity index (χ2v) is 2.17. The highest BCUT2D eigenvalue weighted by molar-refractivity contribution is 6.33. The molecule has 0 aliphatic rings. The number of rotatable bonds is 4. The van der Waals surface area contributed by atoms with Crippen LogP contribution in [0.1, 0.15) is 0 Å². The van der Waals surface area contributed by atoms with E-state index in [1.807, 2.05) is 0 Å². The maximum Gasteiger partial charge on any atom is 0.707 e. The molecule has 0 aromatic carbocycles. The average molecular weight is 200 g/mol. The van der Waals surface area contributed by atoms with Gasteiger partial charge in [-0.25, -0.2) is 0 Å². The minimum absolute atomic E-state index is 0.0601. The van der Waals surface area contributed by atoms with Crippen molar-refractivity contribution in [3.8, 4) is 17.5 Å². The van der Waals surface area contributed by atoms with Gasteiger partial charge in [0.05, 0.1) is 14.2 Å². The molecule has 1 heterocycles. The summed E-state index contributed by atoms with van der Waals surface area (Å²) in [7, 11) is 0.736. The topological polar surface area (TPSA) is 93.9 Å². The lowest BCUT2D eigenvalue weighted by molar-refractivity contribution is 0.264. The van der Waals surface area contributed by atoms with Crippen LogP contribution in [0.25, 0.3) is 0 Å². The van der Waals surface area contributed by atoms with Gasteiger partial charge in [0.2, 0.25) is 5.75 Å². The molecule has 0 spiro atoms. The molecule has 76 valence electrons. The molecule has 1 rings (SSSR count). The summed E-state index contributed by atoms with van der Waals surface area (Å²) in [5.41, 5.74) is 0. The van der Waals surface area contributed by atoms with E-state index in [0.29, 0.717) is 0 Å². The highest BCUT2D eigenvalue weighted by atomic mass is 16.6. The van der Waals surface area contributed by atoms with Crippen LogP contribution in [0.3, 0.4) is 0 Å². The predicted molar refractivity (Wildman–Crippen MR) is 46.0 cm³/mol. The number of hydrogen-bond acceptors (Lipinski definition) is 7. The Morgan fingerprint density at radius 2 is 1.64 bits per heavy atom. The molecule has 0 bridgehead atoms. The van der Waals surface area contributed by atoms with Gasteiger partial charge in [-0.1, -0.05) is 0 Å². The molecule has 0 atom stereocenters. The molecule has 0 aliphatic heterocycles. The van der Waals surface area contributed by atoms with Crippen LogP contribution in [0.5, 0.6) is 17.5 Å². The molecule has 0 saturated heterocycles. The monoisotopic (exact) mass is 200 g/mol. The molecule has 8 heteroatoms. The summed E-state index contributed by atoms with van der Waals surface area (Å²) in [5, 5.41) is 17.2. The normalized spacial score (nSPS) is 9.43. The summed E-state index contributed by atoms with van der Waals surface area (Å²) in [5.74, 6) is 0.0578. The van der Waals surface area contributed by atoms with Crippen LogP contribution >= 0.6 is 0 Å². The number of methoxy groups -OCH3 is 2. The molecule has 0 radical (unpaired) electrons. The Morgan fingerprint density at radius 1 is 1.14 bits per heavy atom. The van der Waals surface area contributed by atoms with E-state index in [0.717, 1.165) is 0 Å². The van der Waals surface area contributed by atoms with Crippen molar-refractivity contribution in [1.82, 2.24) is 9.97 Å². The number of ether oxygens (including phenoxy) is 2. The Labute approximate surface area is 80.5 Å². The van der Waals surface area contributed by atoms with E-state index < -0.39 is 7.32 Å². The quantitative estimate of drug-likeness (QED) is 0.592. The predicted octanol–water partition coefficient (Wildman–Crippen LogP) is -1.16. The zero-order chi connectivity index (χ0) is 10.6. The van der Waals surface area contributed by atoms with Crippen LogP contribution in [0.2, 0.25) is 0 Å². The van der Waals surface area contributed by atoms with Gasteiger partial charge in [-0.05, 0) is 0 Å². The third-order valence-electron chi connectivity index (χ3n) is 1.35. The summed E-state index contributed by atoms with van der Waals surface area (Å²) in [6.07, 6.45) is 1.20. The molecular formula is C6H9BN2O5. The fraction of sp³-hybridized carbons (Fsp3) is 0.333. The molecule has 0 amide bonds. The fourth-order valence-electron chi connectivity index (χ4n) is 0.840. The van der Waals surface area contributed by atoms with Gasteiger partial charge in [0.25, 0.3) is 11.8 Å². The Hall–Kier alpha value is -1.54. The second-order valence-electron chi connectivity index (χ2n) is 2.17. The smallest absolute Gasteiger partial charge is 0.504 e. The lowest BCUT2D eigenvalue weighted by Crippen LogP contribution is -2.21. The minimum atomic E-state index is -1.98. The standard InChI is InChI=1S/C6H9BN2O5/c1-12-5-4(14-7(10)11)6(13-2)9-3-8-5/h3,10-11H,1-2H3. The van der Waals surface area contributed by atoms with Crippen molar-refractivity contribution in [2.24, 2.45) is 0 Å². The zero-order valence-electron chi connectivity index (χ0n) is 7.67. The minimum Gasteiger partial charge on any atom is -0.504 e. The second kappa shape index (κ2) is 4.63. The average Bonchev–Trinajstić information content (AvgIpc) is 2.17. The van der Waals surface area contributed by atoms with Crippen LogP contribution in [0.4, 0.5) is 0 Å². The largest absolute Gasteiger partial charge is 0.707 e. The maximum atomic E-state index is 8.61. The van der Waals surface area contributed by atoms with Gasteiger partial charge in [-0.3, -0.25) is 0 Å². The van der Waals surface area contributed by atoms with E-state index in [2.05, 4.69) is 14.6 Å². The van der Waals surface area contributed by atoms with Crippen LogP contribution in [-0.4, -0.2) is 41.6 Å². The molecule has 0 fully saturated rings. The van der Waals surface area contributed by atoms with Crippen molar-refractivity contribution in [2.75, 3.05) is 14.2 Å². The van der Waals surface area contributed by atoms with Crippen molar-refractivity contribution in [1.29, 1.82) is 0 Å². The first-order valence-electron chi connectivity index (χ1n) is 3.64. The van der Waals surface area contributed by atoms with Gasteiger partial charge in [-0.15, -0.1) is 0 Å². The third kappa shape index (κ3) is 2.24. The zero-order valence-corrected chi connectivity index (χ0v) is 7.67. The molecule has 2 N–H and O–H groups in total. The first-order valence-corrected chi connectivity index (χ1v) is 3.64. The van der Waals surface area contributed by atoms with Crippen molar-refractivity contribution in [3.05, 3.63) is 6.33 Å². The van der Waals surface area contributed by atoms with Gasteiger partial charge in [-0.2, -0.15) is 9.97 Å². The van der Waals surface area contributed by atoms with Gasteiger partial charge >= 0.3 is 7.32 Å². The number of nitrogens with zero attached hydrogens (tertiary/aromatic N) is 2. The Bertz CT molecular complexity index is 286. The van der Waals surface area contributed by atoms with E-state index in [4.69, 9.17) is 19.5 Å². The lowest BCUT2D eigenvalue weighted by atomic mass is 10.2. The van der Waals surface area contributed by atoms with Crippen molar-refractivity contribution < 1.29 is 24.2 Å². The van der Waals surface area contributed by atoms with Crippen molar-refractivity contribution in [2.45, 2.75) is 0 Å². The molecule has 7 nitrogen and oxygen atoms in total. The summed E-state index contributed by atoms with van der Waals surface area (Å²) < 4.78 is 14.2. The van der Waals surface area contributed by atoms with Crippen molar-refractivity contribution >= 4 is 7.32 Å². The van der Waals surface area contributed by atoms with Crippen molar-refractivity contribution in [3.63, 3.8) is 0 Å². The maximum absolute atomic E-state index is 8.61. The highest BCUT2D eigenvalue weighted by Gasteiger charge is 2.21. The first kappa shape index (κ1) is 10.5. The number of hydrogen-bond donors (Lipinski definition) is 2. The summed E-state index contributed by atoms with van der Waals surface area (Å²) >= 11 is 0. The molecule has 0 aliphatic carbocycles. The Morgan fingerprint density at radius 3 is 2.00 bits per heavy atom. The van der Waals surface area contributed by atoms with E-state index in [9.17, 15) is 0 Å². The first-order chi connectivity index (χ1) is 6.69. The van der Waals surface area contributed by atoms with Crippen LogP contribution in [-0.2, 0) is 0 Å². The molecule has 1 aromatic rings. The molecule has 0 unspecified atom stereocenters. The van der Waals surface area contributed by atoms with Crippen LogP contribution in [0, 0.1) is 0 Å². The van der Waals surface area contributed by atoms with Crippen LogP contribution in [0.15, 0.2) is 6.33 Å². The van der Waals surface area contributed by atoms with Crippen LogP contribution < -0.4 is 14.1 Å². The van der Waals surface area contributed by atoms with Gasteiger partial charge in [0.15, 0.2) is 0 Å². The summed E-state index contributed by atoms with van der Waals surface area (Å²) in [6.45, 7) is 0. The lowest BCUT2D eigenvalue weighted by Gasteiger charge is -2.10. The Balaban J connectivity index is 3.05. The third-order valence-corrected chi connectivity index (χ3v) is 1.35. The SMILES string of the molecule is COc1ncnc(OC)c1OB(O)O. The van der Waals surface area contributed by atoms with Gasteiger partial charge < -0.3 is 24.2 Å². The number of aromatic nitrogens is 2. The molecule has 1 aromatic heterocycles. The van der Waals surface area contributed by atoms with E-state index in [1.54, 1.807) is 0 Å². The van der Waals surface area contributed by atoms with Gasteiger partial charge in [0, 0.05) is 0 Å². The summed E-state index contributed by atoms with van der Waals surface area (Å²) in [4.78, 5) is 7.40. The van der Waals surface area contributed by atoms with Gasteiger partial charge in [0.1, 0.15) is 6.33 Å². The fourth-order valence-corrected chi connectivity index (χ4v) is 0.840. The summed E-state index contributed by atoms with van der Waals surface area (Å²) in [6, 6.07) is 0. The molecular weight excluding hydrogens is 191 g/mol.